The van der Waals surface area contributed by atoms with Gasteiger partial charge in [0.25, 0.3) is 0 Å². The molecular weight excluding hydrogens is 376 g/mol. The molecule has 0 saturated heterocycles. The molecule has 0 bridgehead atoms. The highest BCUT2D eigenvalue weighted by Crippen LogP contribution is 2.42. The first kappa shape index (κ1) is 21.7. The number of benzene rings is 1. The molecule has 1 heteroatoms. The quantitative estimate of drug-likeness (QED) is 0.510. The number of hydrogen-bond donors (Lipinski definition) is 1. The molecule has 1 nitrogen and oxygen atoms in total. The molecule has 3 aliphatic rings. The van der Waals surface area contributed by atoms with E-state index in [2.05, 4.69) is 99.7 Å². The number of rotatable bonds is 6. The average Bonchev–Trinajstić information content (AvgIpc) is 2.74. The second-order valence-corrected chi connectivity index (χ2v) is 10.7. The molecular formula is C30H36O. The summed E-state index contributed by atoms with van der Waals surface area (Å²) in [6.45, 7) is 7.01. The van der Waals surface area contributed by atoms with Gasteiger partial charge in [-0.15, -0.1) is 0 Å². The Morgan fingerprint density at radius 1 is 0.613 bits per heavy atom. The van der Waals surface area contributed by atoms with E-state index >= 15 is 0 Å². The van der Waals surface area contributed by atoms with Crippen LogP contribution in [0.25, 0.3) is 0 Å². The molecule has 162 valence electrons. The van der Waals surface area contributed by atoms with E-state index in [0.29, 0.717) is 5.75 Å². The Kier molecular flexibility index (Phi) is 5.97. The molecule has 0 radical (unpaired) electrons. The minimum absolute atomic E-state index is 0.0419. The van der Waals surface area contributed by atoms with E-state index in [0.717, 1.165) is 44.1 Å². The molecule has 0 aliphatic heterocycles. The fraction of sp³-hybridized carbons (Fsp3) is 0.400. The smallest absolute Gasteiger partial charge is 0.119 e. The Morgan fingerprint density at radius 2 is 1.06 bits per heavy atom. The van der Waals surface area contributed by atoms with Crippen molar-refractivity contribution < 1.29 is 5.11 Å². The summed E-state index contributed by atoms with van der Waals surface area (Å²) >= 11 is 0. The molecule has 1 aromatic rings. The maximum absolute atomic E-state index is 11.0. The number of hydrogen-bond acceptors (Lipinski definition) is 1. The first-order valence-corrected chi connectivity index (χ1v) is 11.7. The van der Waals surface area contributed by atoms with Gasteiger partial charge in [0.1, 0.15) is 5.75 Å². The summed E-state index contributed by atoms with van der Waals surface area (Å²) in [6, 6.07) is 4.11. The van der Waals surface area contributed by atoms with Crippen molar-refractivity contribution in [2.24, 2.45) is 16.2 Å². The summed E-state index contributed by atoms with van der Waals surface area (Å²) in [5.74, 6) is 0.450. The van der Waals surface area contributed by atoms with Gasteiger partial charge in [-0.05, 0) is 77.5 Å². The predicted molar refractivity (Wildman–Crippen MR) is 132 cm³/mol. The molecule has 0 aromatic heterocycles. The van der Waals surface area contributed by atoms with Crippen LogP contribution >= 0.6 is 0 Å². The van der Waals surface area contributed by atoms with Gasteiger partial charge in [-0.1, -0.05) is 99.7 Å². The van der Waals surface area contributed by atoms with Gasteiger partial charge in [0, 0.05) is 0 Å². The molecule has 1 aromatic carbocycles. The summed E-state index contributed by atoms with van der Waals surface area (Å²) in [6.07, 6.45) is 32.7. The zero-order chi connectivity index (χ0) is 22.0. The van der Waals surface area contributed by atoms with Gasteiger partial charge in [-0.3, -0.25) is 0 Å². The SMILES string of the molecule is CC1(Cc2ccc(O)c(CC3(C)C=CC=CC3)c2CC2(C)C=CC=CC2)C=CC=CC1. The molecule has 0 amide bonds. The van der Waals surface area contributed by atoms with Gasteiger partial charge in [0.15, 0.2) is 0 Å². The highest BCUT2D eigenvalue weighted by molar-refractivity contribution is 5.48. The standard InChI is InChI=1S/C30H36O/c1-28(15-7-4-8-16-28)21-24-13-14-27(31)26(23-30(3)19-11-6-12-20-30)25(24)22-29(2)17-9-5-10-18-29/h4-15,17,19,31H,16,18,20-23H2,1-3H3. The van der Waals surface area contributed by atoms with E-state index in [4.69, 9.17) is 0 Å². The van der Waals surface area contributed by atoms with Crippen LogP contribution < -0.4 is 0 Å². The lowest BCUT2D eigenvalue weighted by Gasteiger charge is -2.34. The Hall–Kier alpha value is -2.54. The third kappa shape index (κ3) is 5.03. The number of phenolic OH excluding ortho intramolecular Hbond substituents is 1. The first-order valence-electron chi connectivity index (χ1n) is 11.7. The molecule has 3 unspecified atom stereocenters. The van der Waals surface area contributed by atoms with Crippen LogP contribution in [-0.4, -0.2) is 5.11 Å². The summed E-state index contributed by atoms with van der Waals surface area (Å²) < 4.78 is 0. The molecule has 0 saturated carbocycles. The van der Waals surface area contributed by atoms with Crippen molar-refractivity contribution in [2.45, 2.75) is 59.3 Å². The van der Waals surface area contributed by atoms with Crippen LogP contribution in [0, 0.1) is 16.2 Å². The highest BCUT2D eigenvalue weighted by Gasteiger charge is 2.31. The van der Waals surface area contributed by atoms with E-state index in [-0.39, 0.29) is 16.2 Å². The summed E-state index contributed by atoms with van der Waals surface area (Å²) in [4.78, 5) is 0. The Labute approximate surface area is 188 Å². The molecule has 0 fully saturated rings. The van der Waals surface area contributed by atoms with Crippen LogP contribution in [0.5, 0.6) is 5.75 Å². The minimum atomic E-state index is 0.0419. The van der Waals surface area contributed by atoms with E-state index in [1.165, 1.54) is 11.1 Å². The topological polar surface area (TPSA) is 20.2 Å². The van der Waals surface area contributed by atoms with Crippen molar-refractivity contribution in [1.29, 1.82) is 0 Å². The second kappa shape index (κ2) is 8.54. The maximum Gasteiger partial charge on any atom is 0.119 e. The van der Waals surface area contributed by atoms with Crippen molar-refractivity contribution in [1.82, 2.24) is 0 Å². The van der Waals surface area contributed by atoms with Crippen molar-refractivity contribution in [3.8, 4) is 5.75 Å². The van der Waals surface area contributed by atoms with Gasteiger partial charge < -0.3 is 5.11 Å². The van der Waals surface area contributed by atoms with E-state index in [1.807, 2.05) is 6.07 Å². The molecule has 1 N–H and O–H groups in total. The first-order chi connectivity index (χ1) is 14.8. The van der Waals surface area contributed by atoms with Crippen LogP contribution in [0.4, 0.5) is 0 Å². The monoisotopic (exact) mass is 412 g/mol. The number of allylic oxidation sites excluding steroid dienone is 12. The van der Waals surface area contributed by atoms with Gasteiger partial charge in [-0.25, -0.2) is 0 Å². The number of aromatic hydroxyl groups is 1. The molecule has 3 atom stereocenters. The van der Waals surface area contributed by atoms with Crippen LogP contribution in [0.2, 0.25) is 0 Å². The summed E-state index contributed by atoms with van der Waals surface area (Å²) in [5.41, 5.74) is 4.13. The molecule has 0 spiro atoms. The predicted octanol–water partition coefficient (Wildman–Crippen LogP) is 7.59. The van der Waals surface area contributed by atoms with E-state index in [9.17, 15) is 5.11 Å². The Morgan fingerprint density at radius 3 is 1.52 bits per heavy atom. The summed E-state index contributed by atoms with van der Waals surface area (Å²) in [5, 5.41) is 11.0. The van der Waals surface area contributed by atoms with E-state index in [1.54, 1.807) is 0 Å². The largest absolute Gasteiger partial charge is 0.508 e. The second-order valence-electron chi connectivity index (χ2n) is 10.7. The van der Waals surface area contributed by atoms with Crippen molar-refractivity contribution >= 4 is 0 Å². The lowest BCUT2D eigenvalue weighted by molar-refractivity contribution is 0.385. The third-order valence-electron chi connectivity index (χ3n) is 7.25. The van der Waals surface area contributed by atoms with Crippen LogP contribution in [0.3, 0.4) is 0 Å². The fourth-order valence-corrected chi connectivity index (χ4v) is 5.26. The Bertz CT molecular complexity index is 1000. The van der Waals surface area contributed by atoms with Gasteiger partial charge in [0.2, 0.25) is 0 Å². The lowest BCUT2D eigenvalue weighted by Crippen LogP contribution is -2.25. The Balaban J connectivity index is 1.75. The van der Waals surface area contributed by atoms with Crippen molar-refractivity contribution in [2.75, 3.05) is 0 Å². The maximum atomic E-state index is 11.0. The molecule has 3 aliphatic carbocycles. The van der Waals surface area contributed by atoms with Gasteiger partial charge in [-0.2, -0.15) is 0 Å². The third-order valence-corrected chi connectivity index (χ3v) is 7.25. The zero-order valence-electron chi connectivity index (χ0n) is 19.3. The van der Waals surface area contributed by atoms with E-state index < -0.39 is 0 Å². The average molecular weight is 413 g/mol. The zero-order valence-corrected chi connectivity index (χ0v) is 19.3. The molecule has 4 rings (SSSR count). The lowest BCUT2D eigenvalue weighted by atomic mass is 9.70. The van der Waals surface area contributed by atoms with Crippen molar-refractivity contribution in [3.63, 3.8) is 0 Å². The minimum Gasteiger partial charge on any atom is -0.508 e. The number of phenols is 1. The van der Waals surface area contributed by atoms with Crippen LogP contribution in [-0.2, 0) is 19.3 Å². The normalized spacial score (nSPS) is 31.5. The van der Waals surface area contributed by atoms with Gasteiger partial charge in [0.05, 0.1) is 0 Å². The van der Waals surface area contributed by atoms with Crippen molar-refractivity contribution in [3.05, 3.63) is 102 Å². The molecule has 31 heavy (non-hydrogen) atoms. The van der Waals surface area contributed by atoms with Crippen LogP contribution in [0.15, 0.2) is 85.0 Å². The van der Waals surface area contributed by atoms with Crippen LogP contribution in [0.1, 0.15) is 56.7 Å². The van der Waals surface area contributed by atoms with Gasteiger partial charge >= 0.3 is 0 Å². The fourth-order valence-electron chi connectivity index (χ4n) is 5.26. The molecule has 0 heterocycles. The summed E-state index contributed by atoms with van der Waals surface area (Å²) in [7, 11) is 0. The highest BCUT2D eigenvalue weighted by atomic mass is 16.3.